The van der Waals surface area contributed by atoms with Gasteiger partial charge in [0.05, 0.1) is 9.40 Å². The quantitative estimate of drug-likeness (QED) is 0.660. The number of hydrogen-bond donors (Lipinski definition) is 2. The predicted octanol–water partition coefficient (Wildman–Crippen LogP) is 2.43. The van der Waals surface area contributed by atoms with Crippen molar-refractivity contribution >= 4 is 27.4 Å². The fourth-order valence-electron chi connectivity index (χ4n) is 2.15. The van der Waals surface area contributed by atoms with Gasteiger partial charge in [0.25, 0.3) is 5.69 Å². The van der Waals surface area contributed by atoms with Crippen LogP contribution in [0.2, 0.25) is 0 Å². The van der Waals surface area contributed by atoms with Crippen LogP contribution < -0.4 is 11.1 Å². The van der Waals surface area contributed by atoms with Crippen molar-refractivity contribution in [3.63, 3.8) is 0 Å². The molecule has 2 atom stereocenters. The summed E-state index contributed by atoms with van der Waals surface area (Å²) in [4.78, 5) is 14.2. The molecule has 98 valence electrons. The molecule has 2 unspecified atom stereocenters. The van der Waals surface area contributed by atoms with Gasteiger partial charge >= 0.3 is 0 Å². The van der Waals surface area contributed by atoms with Gasteiger partial charge in [0.1, 0.15) is 12.0 Å². The smallest absolute Gasteiger partial charge is 0.288 e. The summed E-state index contributed by atoms with van der Waals surface area (Å²) >= 11 is 3.29. The molecule has 0 aromatic carbocycles. The molecule has 2 rings (SSSR count). The maximum Gasteiger partial charge on any atom is 0.288 e. The van der Waals surface area contributed by atoms with Gasteiger partial charge in [-0.1, -0.05) is 12.8 Å². The number of hydrogen-bond acceptors (Lipinski definition) is 5. The summed E-state index contributed by atoms with van der Waals surface area (Å²) in [6.45, 7) is 0. The molecule has 6 nitrogen and oxygen atoms in total. The lowest BCUT2D eigenvalue weighted by Crippen LogP contribution is -2.42. The zero-order valence-corrected chi connectivity index (χ0v) is 11.4. The van der Waals surface area contributed by atoms with Gasteiger partial charge in [-0.2, -0.15) is 0 Å². The van der Waals surface area contributed by atoms with Gasteiger partial charge in [0, 0.05) is 18.2 Å². The molecule has 1 aromatic heterocycles. The number of pyridine rings is 1. The van der Waals surface area contributed by atoms with Crippen LogP contribution >= 0.6 is 15.9 Å². The Kier molecular flexibility index (Phi) is 4.13. The van der Waals surface area contributed by atoms with E-state index in [0.717, 1.165) is 25.7 Å². The van der Waals surface area contributed by atoms with Crippen molar-refractivity contribution in [1.29, 1.82) is 0 Å². The number of nitrogens with two attached hydrogens (primary N) is 1. The molecule has 1 aliphatic rings. The van der Waals surface area contributed by atoms with Gasteiger partial charge in [-0.3, -0.25) is 10.1 Å². The standard InChI is InChI=1S/C11H15BrN4O2/c12-8-5-7(16(17)18)6-14-11(8)15-10-4-2-1-3-9(10)13/h5-6,9-10H,1-4,13H2,(H,14,15). The van der Waals surface area contributed by atoms with E-state index in [1.54, 1.807) is 0 Å². The summed E-state index contributed by atoms with van der Waals surface area (Å²) in [5.74, 6) is 0.614. The summed E-state index contributed by atoms with van der Waals surface area (Å²) in [6.07, 6.45) is 5.57. The van der Waals surface area contributed by atoms with E-state index >= 15 is 0 Å². The van der Waals surface area contributed by atoms with Crippen molar-refractivity contribution in [3.05, 3.63) is 26.9 Å². The summed E-state index contributed by atoms with van der Waals surface area (Å²) < 4.78 is 0.592. The molecule has 0 spiro atoms. The van der Waals surface area contributed by atoms with Gasteiger partial charge in [0.2, 0.25) is 0 Å². The number of nitro groups is 1. The first-order valence-corrected chi connectivity index (χ1v) is 6.69. The van der Waals surface area contributed by atoms with E-state index in [1.807, 2.05) is 0 Å². The van der Waals surface area contributed by atoms with E-state index in [9.17, 15) is 10.1 Å². The minimum absolute atomic E-state index is 0.0274. The predicted molar refractivity (Wildman–Crippen MR) is 72.4 cm³/mol. The molecule has 0 aliphatic heterocycles. The second-order valence-corrected chi connectivity index (χ2v) is 5.33. The molecular formula is C11H15BrN4O2. The largest absolute Gasteiger partial charge is 0.365 e. The van der Waals surface area contributed by atoms with Crippen molar-refractivity contribution in [2.24, 2.45) is 5.73 Å². The van der Waals surface area contributed by atoms with Crippen LogP contribution in [0, 0.1) is 10.1 Å². The molecule has 1 aromatic rings. The normalized spacial score (nSPS) is 23.7. The fraction of sp³-hybridized carbons (Fsp3) is 0.545. The summed E-state index contributed by atoms with van der Waals surface area (Å²) in [7, 11) is 0. The molecule has 0 radical (unpaired) electrons. The van der Waals surface area contributed by atoms with E-state index in [-0.39, 0.29) is 17.8 Å². The van der Waals surface area contributed by atoms with Crippen molar-refractivity contribution in [2.75, 3.05) is 5.32 Å². The van der Waals surface area contributed by atoms with Crippen molar-refractivity contribution in [3.8, 4) is 0 Å². The third-order valence-electron chi connectivity index (χ3n) is 3.18. The lowest BCUT2D eigenvalue weighted by molar-refractivity contribution is -0.385. The zero-order valence-electron chi connectivity index (χ0n) is 9.80. The Morgan fingerprint density at radius 2 is 2.22 bits per heavy atom. The number of halogens is 1. The first-order chi connectivity index (χ1) is 8.58. The van der Waals surface area contributed by atoms with Crippen LogP contribution in [-0.4, -0.2) is 22.0 Å². The van der Waals surface area contributed by atoms with E-state index in [0.29, 0.717) is 10.3 Å². The molecule has 18 heavy (non-hydrogen) atoms. The van der Waals surface area contributed by atoms with E-state index in [2.05, 4.69) is 26.2 Å². The topological polar surface area (TPSA) is 94.1 Å². The highest BCUT2D eigenvalue weighted by Gasteiger charge is 2.23. The second-order valence-electron chi connectivity index (χ2n) is 4.48. The lowest BCUT2D eigenvalue weighted by Gasteiger charge is -2.29. The molecule has 1 fully saturated rings. The van der Waals surface area contributed by atoms with Crippen LogP contribution in [0.3, 0.4) is 0 Å². The lowest BCUT2D eigenvalue weighted by atomic mass is 9.91. The van der Waals surface area contributed by atoms with Crippen LogP contribution in [0.1, 0.15) is 25.7 Å². The van der Waals surface area contributed by atoms with Crippen molar-refractivity contribution in [2.45, 2.75) is 37.8 Å². The SMILES string of the molecule is NC1CCCCC1Nc1ncc([N+](=O)[O-])cc1Br. The number of rotatable bonds is 3. The van der Waals surface area contributed by atoms with Crippen molar-refractivity contribution in [1.82, 2.24) is 4.98 Å². The monoisotopic (exact) mass is 314 g/mol. The minimum atomic E-state index is -0.464. The highest BCUT2D eigenvalue weighted by Crippen LogP contribution is 2.27. The minimum Gasteiger partial charge on any atom is -0.365 e. The molecule has 1 aliphatic carbocycles. The number of aromatic nitrogens is 1. The second kappa shape index (κ2) is 5.62. The van der Waals surface area contributed by atoms with E-state index in [4.69, 9.17) is 5.73 Å². The Bertz CT molecular complexity index is 455. The summed E-state index contributed by atoms with van der Waals surface area (Å²) in [5, 5.41) is 13.9. The van der Waals surface area contributed by atoms with E-state index in [1.165, 1.54) is 12.3 Å². The molecule has 0 amide bonds. The highest BCUT2D eigenvalue weighted by molar-refractivity contribution is 9.10. The summed E-state index contributed by atoms with van der Waals surface area (Å²) in [6, 6.07) is 1.75. The number of nitrogens with zero attached hydrogens (tertiary/aromatic N) is 2. The number of anilines is 1. The Morgan fingerprint density at radius 3 is 2.83 bits per heavy atom. The van der Waals surface area contributed by atoms with Crippen LogP contribution in [-0.2, 0) is 0 Å². The van der Waals surface area contributed by atoms with Crippen LogP contribution in [0.15, 0.2) is 16.7 Å². The van der Waals surface area contributed by atoms with Crippen molar-refractivity contribution < 1.29 is 4.92 Å². The molecular weight excluding hydrogens is 300 g/mol. The van der Waals surface area contributed by atoms with Crippen LogP contribution in [0.5, 0.6) is 0 Å². The van der Waals surface area contributed by atoms with Gasteiger partial charge in [-0.05, 0) is 28.8 Å². The maximum absolute atomic E-state index is 10.6. The highest BCUT2D eigenvalue weighted by atomic mass is 79.9. The maximum atomic E-state index is 10.6. The van der Waals surface area contributed by atoms with Gasteiger partial charge < -0.3 is 11.1 Å². The zero-order chi connectivity index (χ0) is 13.1. The Morgan fingerprint density at radius 1 is 1.50 bits per heavy atom. The van der Waals surface area contributed by atoms with Crippen LogP contribution in [0.4, 0.5) is 11.5 Å². The third kappa shape index (κ3) is 2.97. The first kappa shape index (κ1) is 13.2. The van der Waals surface area contributed by atoms with Gasteiger partial charge in [0.15, 0.2) is 0 Å². The van der Waals surface area contributed by atoms with Crippen LogP contribution in [0.25, 0.3) is 0 Å². The van der Waals surface area contributed by atoms with E-state index < -0.39 is 4.92 Å². The first-order valence-electron chi connectivity index (χ1n) is 5.90. The van der Waals surface area contributed by atoms with Gasteiger partial charge in [-0.15, -0.1) is 0 Å². The fourth-order valence-corrected chi connectivity index (χ4v) is 2.60. The molecule has 1 heterocycles. The Hall–Kier alpha value is -1.21. The summed E-state index contributed by atoms with van der Waals surface area (Å²) in [5.41, 5.74) is 6.01. The molecule has 3 N–H and O–H groups in total. The molecule has 1 saturated carbocycles. The molecule has 0 saturated heterocycles. The molecule has 7 heteroatoms. The Balaban J connectivity index is 2.11. The Labute approximate surface area is 113 Å². The van der Waals surface area contributed by atoms with Gasteiger partial charge in [-0.25, -0.2) is 4.98 Å². The number of nitrogens with one attached hydrogen (secondary N) is 1. The average molecular weight is 315 g/mol. The third-order valence-corrected chi connectivity index (χ3v) is 3.78. The molecule has 0 bridgehead atoms. The average Bonchev–Trinajstić information content (AvgIpc) is 2.34.